The Balaban J connectivity index is 1.66. The Kier molecular flexibility index (Phi) is 7.50. The van der Waals surface area contributed by atoms with Gasteiger partial charge in [0.2, 0.25) is 5.67 Å². The molecule has 2 saturated carbocycles. The van der Waals surface area contributed by atoms with E-state index in [1.54, 1.807) is 6.08 Å². The lowest BCUT2D eigenvalue weighted by Crippen LogP contribution is -2.43. The van der Waals surface area contributed by atoms with Gasteiger partial charge in [0, 0.05) is 6.42 Å². The Morgan fingerprint density at radius 3 is 2.46 bits per heavy atom. The van der Waals surface area contributed by atoms with E-state index in [0.717, 1.165) is 50.5 Å². The maximum Gasteiger partial charge on any atom is 0.237 e. The second-order valence-corrected chi connectivity index (χ2v) is 9.64. The van der Waals surface area contributed by atoms with Crippen molar-refractivity contribution in [2.75, 3.05) is 0 Å². The number of Topliss-reactive ketones (excluding diaryl/α,β-unsaturated/α-hetero) is 1. The number of hydrogen-bond acceptors (Lipinski definition) is 1. The van der Waals surface area contributed by atoms with Crippen molar-refractivity contribution >= 4 is 5.78 Å². The van der Waals surface area contributed by atoms with Crippen molar-refractivity contribution in [2.45, 2.75) is 109 Å². The molecule has 0 N–H and O–H groups in total. The number of unbranched alkanes of at least 4 members (excludes halogenated alkanes) is 2. The fourth-order valence-electron chi connectivity index (χ4n) is 6.04. The first kappa shape index (κ1) is 21.7. The molecular formula is C25H38F2O. The van der Waals surface area contributed by atoms with Crippen LogP contribution in [0.4, 0.5) is 8.78 Å². The first-order valence-corrected chi connectivity index (χ1v) is 11.8. The quantitative estimate of drug-likeness (QED) is 0.304. The predicted molar refractivity (Wildman–Crippen MR) is 112 cm³/mol. The number of alkyl halides is 1. The number of rotatable bonds is 8. The van der Waals surface area contributed by atoms with Gasteiger partial charge in [0.25, 0.3) is 0 Å². The highest BCUT2D eigenvalue weighted by molar-refractivity contribution is 5.93. The van der Waals surface area contributed by atoms with Crippen LogP contribution in [0.1, 0.15) is 103 Å². The minimum Gasteiger partial charge on any atom is -0.295 e. The Labute approximate surface area is 170 Å². The Bertz CT molecular complexity index is 579. The average molecular weight is 393 g/mol. The molecule has 3 aliphatic rings. The van der Waals surface area contributed by atoms with Crippen molar-refractivity contribution in [1.29, 1.82) is 0 Å². The molecule has 0 aromatic carbocycles. The third-order valence-corrected chi connectivity index (χ3v) is 7.82. The summed E-state index contributed by atoms with van der Waals surface area (Å²) in [4.78, 5) is 13.0. The molecule has 0 amide bonds. The highest BCUT2D eigenvalue weighted by Crippen LogP contribution is 2.53. The average Bonchev–Trinajstić information content (AvgIpc) is 2.71. The molecule has 1 nitrogen and oxygen atoms in total. The topological polar surface area (TPSA) is 17.1 Å². The third-order valence-electron chi connectivity index (χ3n) is 7.82. The second-order valence-electron chi connectivity index (χ2n) is 9.64. The highest BCUT2D eigenvalue weighted by Gasteiger charge is 2.49. The van der Waals surface area contributed by atoms with E-state index in [1.165, 1.54) is 51.0 Å². The Morgan fingerprint density at radius 2 is 1.82 bits per heavy atom. The van der Waals surface area contributed by atoms with Gasteiger partial charge in [-0.15, -0.1) is 0 Å². The van der Waals surface area contributed by atoms with E-state index in [2.05, 4.69) is 6.92 Å². The molecule has 0 spiro atoms. The molecule has 0 aromatic heterocycles. The van der Waals surface area contributed by atoms with Crippen LogP contribution in [-0.2, 0) is 4.79 Å². The van der Waals surface area contributed by atoms with Crippen LogP contribution in [0.2, 0.25) is 0 Å². The minimum atomic E-state index is -2.51. The molecule has 3 heteroatoms. The lowest BCUT2D eigenvalue weighted by molar-refractivity contribution is -0.131. The maximum atomic E-state index is 15.2. The summed E-state index contributed by atoms with van der Waals surface area (Å²) in [5, 5.41) is 0. The largest absolute Gasteiger partial charge is 0.295 e. The summed E-state index contributed by atoms with van der Waals surface area (Å²) in [5.41, 5.74) is -2.62. The first-order chi connectivity index (χ1) is 13.5. The van der Waals surface area contributed by atoms with Crippen LogP contribution >= 0.6 is 0 Å². The van der Waals surface area contributed by atoms with Crippen LogP contribution in [0.25, 0.3) is 0 Å². The summed E-state index contributed by atoms with van der Waals surface area (Å²) in [6, 6.07) is 0. The monoisotopic (exact) mass is 392 g/mol. The number of halogens is 2. The number of hydrogen-bond donors (Lipinski definition) is 0. The van der Waals surface area contributed by atoms with Gasteiger partial charge in [-0.25, -0.2) is 8.78 Å². The molecule has 0 saturated heterocycles. The van der Waals surface area contributed by atoms with Gasteiger partial charge in [0.1, 0.15) is 5.83 Å². The van der Waals surface area contributed by atoms with Crippen LogP contribution in [0, 0.1) is 17.3 Å². The van der Waals surface area contributed by atoms with Gasteiger partial charge in [-0.1, -0.05) is 70.8 Å². The van der Waals surface area contributed by atoms with Gasteiger partial charge in [0.05, 0.1) is 0 Å². The molecule has 1 atom stereocenters. The molecule has 2 fully saturated rings. The number of ketones is 1. The van der Waals surface area contributed by atoms with E-state index in [4.69, 9.17) is 0 Å². The SMILES string of the molecule is CCCCCC1CCC(C2(CC(=O)C3(F)C=CCC=C3F)CCCCC2)CC1. The number of allylic oxidation sites excluding steroid dienone is 4. The van der Waals surface area contributed by atoms with Gasteiger partial charge in [-0.05, 0) is 61.5 Å². The summed E-state index contributed by atoms with van der Waals surface area (Å²) in [5.74, 6) is -0.120. The highest BCUT2D eigenvalue weighted by atomic mass is 19.2. The fraction of sp³-hybridized carbons (Fsp3) is 0.800. The molecule has 0 radical (unpaired) electrons. The summed E-state index contributed by atoms with van der Waals surface area (Å²) in [7, 11) is 0. The molecule has 0 aliphatic heterocycles. The standard InChI is InChI=1S/C25H38F2O/c1-2-3-5-10-20-12-14-21(15-13-20)24(16-7-4-8-17-24)19-23(28)25(27)18-9-6-11-22(25)26/h9,11,18,20-21H,2-8,10,12-17,19H2,1H3. The molecule has 158 valence electrons. The van der Waals surface area contributed by atoms with Crippen molar-refractivity contribution < 1.29 is 13.6 Å². The van der Waals surface area contributed by atoms with Crippen molar-refractivity contribution in [3.8, 4) is 0 Å². The van der Waals surface area contributed by atoms with Crippen LogP contribution < -0.4 is 0 Å². The van der Waals surface area contributed by atoms with Gasteiger partial charge in [0.15, 0.2) is 5.78 Å². The molecule has 3 rings (SSSR count). The zero-order valence-electron chi connectivity index (χ0n) is 17.7. The zero-order chi connectivity index (χ0) is 20.0. The van der Waals surface area contributed by atoms with E-state index in [1.807, 2.05) is 0 Å². The third kappa shape index (κ3) is 4.76. The molecule has 0 aromatic rings. The molecule has 1 unspecified atom stereocenters. The van der Waals surface area contributed by atoms with E-state index < -0.39 is 17.3 Å². The van der Waals surface area contributed by atoms with Crippen molar-refractivity contribution in [1.82, 2.24) is 0 Å². The molecule has 0 heterocycles. The van der Waals surface area contributed by atoms with Crippen LogP contribution in [0.15, 0.2) is 24.1 Å². The van der Waals surface area contributed by atoms with E-state index in [9.17, 15) is 9.18 Å². The van der Waals surface area contributed by atoms with E-state index in [0.29, 0.717) is 12.3 Å². The van der Waals surface area contributed by atoms with Gasteiger partial charge >= 0.3 is 0 Å². The van der Waals surface area contributed by atoms with Crippen molar-refractivity contribution in [3.63, 3.8) is 0 Å². The van der Waals surface area contributed by atoms with E-state index in [-0.39, 0.29) is 11.8 Å². The Hall–Kier alpha value is -0.990. The van der Waals surface area contributed by atoms with Crippen molar-refractivity contribution in [2.24, 2.45) is 17.3 Å². The summed E-state index contributed by atoms with van der Waals surface area (Å²) >= 11 is 0. The van der Waals surface area contributed by atoms with Crippen LogP contribution in [-0.4, -0.2) is 11.5 Å². The van der Waals surface area contributed by atoms with Crippen LogP contribution in [0.5, 0.6) is 0 Å². The first-order valence-electron chi connectivity index (χ1n) is 11.8. The van der Waals surface area contributed by atoms with Crippen molar-refractivity contribution in [3.05, 3.63) is 24.1 Å². The van der Waals surface area contributed by atoms with Gasteiger partial charge in [-0.2, -0.15) is 0 Å². The number of carbonyl (C=O) groups is 1. The summed E-state index contributed by atoms with van der Waals surface area (Å²) < 4.78 is 29.4. The Morgan fingerprint density at radius 1 is 1.11 bits per heavy atom. The molecule has 0 bridgehead atoms. The number of carbonyl (C=O) groups excluding carboxylic acids is 1. The van der Waals surface area contributed by atoms with Gasteiger partial charge in [-0.3, -0.25) is 4.79 Å². The molecule has 3 aliphatic carbocycles. The maximum absolute atomic E-state index is 15.2. The predicted octanol–water partition coefficient (Wildman–Crippen LogP) is 7.80. The molecule has 28 heavy (non-hydrogen) atoms. The summed E-state index contributed by atoms with van der Waals surface area (Å²) in [6.07, 6.45) is 20.1. The smallest absolute Gasteiger partial charge is 0.237 e. The minimum absolute atomic E-state index is 0.103. The van der Waals surface area contributed by atoms with Gasteiger partial charge < -0.3 is 0 Å². The van der Waals surface area contributed by atoms with Crippen LogP contribution in [0.3, 0.4) is 0 Å². The fourth-order valence-corrected chi connectivity index (χ4v) is 6.04. The van der Waals surface area contributed by atoms with E-state index >= 15 is 4.39 Å². The second kappa shape index (κ2) is 9.67. The summed E-state index contributed by atoms with van der Waals surface area (Å²) in [6.45, 7) is 2.25. The normalized spacial score (nSPS) is 32.8. The lowest BCUT2D eigenvalue weighted by atomic mass is 9.58. The molecular weight excluding hydrogens is 354 g/mol. The zero-order valence-corrected chi connectivity index (χ0v) is 17.7. The lowest BCUT2D eigenvalue weighted by Gasteiger charge is -2.47.